The van der Waals surface area contributed by atoms with Gasteiger partial charge in [0.15, 0.2) is 0 Å². The topological polar surface area (TPSA) is 60.3 Å². The number of hydrogen-bond acceptors (Lipinski definition) is 4. The largest absolute Gasteiger partial charge is 0.331 e. The van der Waals surface area contributed by atoms with Crippen LogP contribution < -0.4 is 5.32 Å². The number of carbonyl (C=O) groups excluding carboxylic acids is 1. The van der Waals surface area contributed by atoms with Gasteiger partial charge in [0, 0.05) is 31.4 Å². The van der Waals surface area contributed by atoms with Gasteiger partial charge in [-0.05, 0) is 51.6 Å². The molecule has 0 bridgehead atoms. The van der Waals surface area contributed by atoms with Gasteiger partial charge in [-0.1, -0.05) is 49.2 Å². The number of rotatable bonds is 6. The summed E-state index contributed by atoms with van der Waals surface area (Å²) in [6, 6.07) is 3.38. The molecule has 1 fully saturated rings. The van der Waals surface area contributed by atoms with Crippen molar-refractivity contribution in [2.75, 3.05) is 27.2 Å². The first-order chi connectivity index (χ1) is 14.5. The van der Waals surface area contributed by atoms with Gasteiger partial charge < -0.3 is 15.1 Å². The molecular formula is C23H33Cl2N5O. The summed E-state index contributed by atoms with van der Waals surface area (Å²) in [5.74, 6) is 0. The molecule has 6 nitrogen and oxygen atoms in total. The average molecular weight is 466 g/mol. The molecule has 2 atom stereocenters. The van der Waals surface area contributed by atoms with Gasteiger partial charge >= 0.3 is 6.03 Å². The molecule has 0 saturated carbocycles. The lowest BCUT2D eigenvalue weighted by Gasteiger charge is -2.47. The number of nitrogens with zero attached hydrogens (tertiary/aromatic N) is 4. The maximum atomic E-state index is 13.0. The van der Waals surface area contributed by atoms with Crippen molar-refractivity contribution in [2.24, 2.45) is 15.4 Å². The smallest absolute Gasteiger partial charge is 0.317 e. The van der Waals surface area contributed by atoms with Crippen molar-refractivity contribution in [3.05, 3.63) is 39.5 Å². The minimum absolute atomic E-state index is 0.00627. The quantitative estimate of drug-likeness (QED) is 0.562. The van der Waals surface area contributed by atoms with Crippen molar-refractivity contribution in [1.29, 1.82) is 0 Å². The maximum Gasteiger partial charge on any atom is 0.317 e. The highest BCUT2D eigenvalue weighted by molar-refractivity contribution is 6.43. The average Bonchev–Trinajstić information content (AvgIpc) is 2.70. The molecular weight excluding hydrogens is 433 g/mol. The minimum Gasteiger partial charge on any atom is -0.331 e. The lowest BCUT2D eigenvalue weighted by Crippen LogP contribution is -2.57. The van der Waals surface area contributed by atoms with Crippen LogP contribution in [0.15, 0.2) is 28.3 Å². The van der Waals surface area contributed by atoms with E-state index >= 15 is 0 Å². The minimum atomic E-state index is -0.318. The van der Waals surface area contributed by atoms with Crippen LogP contribution in [0.1, 0.15) is 51.3 Å². The Bertz CT molecular complexity index is 881. The van der Waals surface area contributed by atoms with Crippen LogP contribution in [-0.4, -0.2) is 62.0 Å². The Morgan fingerprint density at radius 2 is 2.06 bits per heavy atom. The number of nitrogens with one attached hydrogen (secondary N) is 1. The first kappa shape index (κ1) is 25.4. The molecule has 1 N–H and O–H groups in total. The molecule has 1 heterocycles. The number of amides is 2. The zero-order valence-corrected chi connectivity index (χ0v) is 20.8. The molecule has 2 amide bonds. The van der Waals surface area contributed by atoms with Crippen molar-refractivity contribution < 1.29 is 4.79 Å². The summed E-state index contributed by atoms with van der Waals surface area (Å²) in [5, 5.41) is 3.80. The van der Waals surface area contributed by atoms with Gasteiger partial charge in [-0.3, -0.25) is 9.98 Å². The summed E-state index contributed by atoms with van der Waals surface area (Å²) in [4.78, 5) is 25.2. The fraction of sp³-hybridized carbons (Fsp3) is 0.522. The van der Waals surface area contributed by atoms with E-state index in [-0.39, 0.29) is 23.5 Å². The third-order valence-electron chi connectivity index (χ3n) is 5.86. The number of urea groups is 1. The van der Waals surface area contributed by atoms with E-state index in [0.717, 1.165) is 25.1 Å². The fourth-order valence-corrected chi connectivity index (χ4v) is 4.87. The molecule has 1 aliphatic heterocycles. The Morgan fingerprint density at radius 3 is 2.65 bits per heavy atom. The van der Waals surface area contributed by atoms with Crippen LogP contribution in [0.3, 0.4) is 0 Å². The summed E-state index contributed by atoms with van der Waals surface area (Å²) in [5.41, 5.74) is 1.91. The first-order valence-corrected chi connectivity index (χ1v) is 11.1. The highest BCUT2D eigenvalue weighted by Crippen LogP contribution is 2.37. The predicted molar refractivity (Wildman–Crippen MR) is 133 cm³/mol. The SMILES string of the molecule is C=N/C(=C\N=C/C)c1ccc(C(C)NC(=O)N(C)[C@@H]2CCN(C)CC2(C)C)c(Cl)c1Cl. The number of piperidine rings is 1. The molecule has 8 heteroatoms. The van der Waals surface area contributed by atoms with Gasteiger partial charge in [0.2, 0.25) is 0 Å². The monoisotopic (exact) mass is 465 g/mol. The molecule has 1 aromatic rings. The van der Waals surface area contributed by atoms with Crippen LogP contribution >= 0.6 is 23.2 Å². The number of carbonyl (C=O) groups is 1. The number of hydrogen-bond donors (Lipinski definition) is 1. The lowest BCUT2D eigenvalue weighted by atomic mass is 9.78. The van der Waals surface area contributed by atoms with Crippen molar-refractivity contribution >= 4 is 47.9 Å². The normalized spacial score (nSPS) is 20.5. The van der Waals surface area contributed by atoms with E-state index in [1.807, 2.05) is 37.9 Å². The highest BCUT2D eigenvalue weighted by atomic mass is 35.5. The van der Waals surface area contributed by atoms with Crippen LogP contribution in [-0.2, 0) is 0 Å². The van der Waals surface area contributed by atoms with Gasteiger partial charge in [0.05, 0.1) is 28.0 Å². The van der Waals surface area contributed by atoms with Gasteiger partial charge in [-0.15, -0.1) is 0 Å². The van der Waals surface area contributed by atoms with Crippen molar-refractivity contribution in [3.8, 4) is 0 Å². The summed E-state index contributed by atoms with van der Waals surface area (Å²) < 4.78 is 0. The van der Waals surface area contributed by atoms with E-state index in [4.69, 9.17) is 23.2 Å². The molecule has 0 radical (unpaired) electrons. The van der Waals surface area contributed by atoms with Crippen LogP contribution in [0.2, 0.25) is 10.0 Å². The van der Waals surface area contributed by atoms with E-state index in [2.05, 4.69) is 47.8 Å². The van der Waals surface area contributed by atoms with Crippen LogP contribution in [0.5, 0.6) is 0 Å². The van der Waals surface area contributed by atoms with Gasteiger partial charge in [-0.25, -0.2) is 4.79 Å². The summed E-state index contributed by atoms with van der Waals surface area (Å²) in [6.07, 6.45) is 4.16. The first-order valence-electron chi connectivity index (χ1n) is 10.4. The van der Waals surface area contributed by atoms with E-state index in [9.17, 15) is 4.79 Å². The molecule has 0 spiro atoms. The van der Waals surface area contributed by atoms with Crippen molar-refractivity contribution in [2.45, 2.75) is 46.2 Å². The molecule has 31 heavy (non-hydrogen) atoms. The van der Waals surface area contributed by atoms with Crippen molar-refractivity contribution in [3.63, 3.8) is 0 Å². The second kappa shape index (κ2) is 10.6. The molecule has 1 saturated heterocycles. The Labute approximate surface area is 196 Å². The lowest BCUT2D eigenvalue weighted by molar-refractivity contribution is 0.0446. The van der Waals surface area contributed by atoms with E-state index < -0.39 is 0 Å². The number of benzene rings is 1. The summed E-state index contributed by atoms with van der Waals surface area (Å²) in [6.45, 7) is 13.6. The highest BCUT2D eigenvalue weighted by Gasteiger charge is 2.39. The third kappa shape index (κ3) is 5.88. The van der Waals surface area contributed by atoms with E-state index in [1.165, 1.54) is 0 Å². The Kier molecular flexibility index (Phi) is 8.69. The van der Waals surface area contributed by atoms with Gasteiger partial charge in [0.1, 0.15) is 0 Å². The van der Waals surface area contributed by atoms with Gasteiger partial charge in [0.25, 0.3) is 0 Å². The molecule has 2 rings (SSSR count). The van der Waals surface area contributed by atoms with Gasteiger partial charge in [-0.2, -0.15) is 0 Å². The second-order valence-corrected chi connectivity index (χ2v) is 9.48. The maximum absolute atomic E-state index is 13.0. The molecule has 1 unspecified atom stereocenters. The van der Waals surface area contributed by atoms with Crippen LogP contribution in [0, 0.1) is 5.41 Å². The number of aliphatic imine (C=N–C) groups is 2. The van der Waals surface area contributed by atoms with Crippen LogP contribution in [0.4, 0.5) is 4.79 Å². The molecule has 1 aromatic carbocycles. The zero-order chi connectivity index (χ0) is 23.3. The predicted octanol–water partition coefficient (Wildman–Crippen LogP) is 5.52. The molecule has 1 aliphatic rings. The fourth-order valence-electron chi connectivity index (χ4n) is 4.28. The Hall–Kier alpha value is -1.89. The van der Waals surface area contributed by atoms with Crippen LogP contribution in [0.25, 0.3) is 5.70 Å². The van der Waals surface area contributed by atoms with Crippen molar-refractivity contribution in [1.82, 2.24) is 15.1 Å². The third-order valence-corrected chi connectivity index (χ3v) is 6.76. The molecule has 0 aliphatic carbocycles. The Balaban J connectivity index is 2.20. The second-order valence-electron chi connectivity index (χ2n) is 8.72. The Morgan fingerprint density at radius 1 is 1.39 bits per heavy atom. The van der Waals surface area contributed by atoms with E-state index in [0.29, 0.717) is 21.3 Å². The number of likely N-dealkylation sites (tertiary alicyclic amines) is 1. The summed E-state index contributed by atoms with van der Waals surface area (Å²) in [7, 11) is 3.98. The zero-order valence-electron chi connectivity index (χ0n) is 19.2. The standard InChI is InChI=1S/C23H33Cl2N5O/c1-8-27-13-18(26-5)17-10-9-16(20(24)21(17)25)15(2)28-22(31)30(7)19-11-12-29(6)14-23(19,3)4/h8-10,13,15,19H,5,11-12,14H2,1-4,6-7H3,(H,28,31)/b18-13-,27-8-/t15?,19-/m1/s1. The summed E-state index contributed by atoms with van der Waals surface area (Å²) >= 11 is 13.1. The molecule has 0 aromatic heterocycles. The van der Waals surface area contributed by atoms with E-state index in [1.54, 1.807) is 12.4 Å². The molecule has 170 valence electrons. The number of halogens is 2.